The third-order valence-electron chi connectivity index (χ3n) is 5.71. The van der Waals surface area contributed by atoms with Crippen molar-refractivity contribution in [1.29, 1.82) is 0 Å². The van der Waals surface area contributed by atoms with E-state index in [2.05, 4.69) is 4.90 Å². The van der Waals surface area contributed by atoms with Crippen molar-refractivity contribution in [1.82, 2.24) is 13.5 Å². The van der Waals surface area contributed by atoms with Gasteiger partial charge < -0.3 is 10.0 Å². The van der Waals surface area contributed by atoms with Crippen molar-refractivity contribution in [2.24, 2.45) is 5.92 Å². The van der Waals surface area contributed by atoms with Gasteiger partial charge in [-0.3, -0.25) is 0 Å². The summed E-state index contributed by atoms with van der Waals surface area (Å²) in [6.07, 6.45) is 1.86. The second-order valence-electron chi connectivity index (χ2n) is 7.63. The summed E-state index contributed by atoms with van der Waals surface area (Å²) in [7, 11) is -0.399. The van der Waals surface area contributed by atoms with E-state index in [-0.39, 0.29) is 11.7 Å². The van der Waals surface area contributed by atoms with Crippen molar-refractivity contribution < 1.29 is 17.9 Å². The molecule has 6 nitrogen and oxygen atoms in total. The highest BCUT2D eigenvalue weighted by Crippen LogP contribution is 2.36. The molecule has 2 fully saturated rings. The van der Waals surface area contributed by atoms with Gasteiger partial charge in [0, 0.05) is 52.7 Å². The van der Waals surface area contributed by atoms with Gasteiger partial charge in [-0.15, -0.1) is 0 Å². The minimum atomic E-state index is -3.46. The fourth-order valence-electron chi connectivity index (χ4n) is 3.96. The van der Waals surface area contributed by atoms with Gasteiger partial charge in [-0.1, -0.05) is 12.1 Å². The molecule has 2 aliphatic heterocycles. The van der Waals surface area contributed by atoms with E-state index in [1.54, 1.807) is 12.1 Å². The van der Waals surface area contributed by atoms with E-state index in [1.807, 2.05) is 6.07 Å². The lowest BCUT2D eigenvalue weighted by atomic mass is 9.76. The lowest BCUT2D eigenvalue weighted by Gasteiger charge is -2.50. The summed E-state index contributed by atoms with van der Waals surface area (Å²) in [5, 5.41) is 10.9. The highest BCUT2D eigenvalue weighted by molar-refractivity contribution is 7.86. The van der Waals surface area contributed by atoms with Gasteiger partial charge in [0.05, 0.1) is 5.60 Å². The number of hydrogen-bond donors (Lipinski definition) is 1. The van der Waals surface area contributed by atoms with Crippen LogP contribution in [-0.2, 0) is 16.6 Å². The molecule has 0 saturated carbocycles. The average molecular weight is 386 g/mol. The molecule has 1 aromatic carbocycles. The Morgan fingerprint density at radius 2 is 2.00 bits per heavy atom. The predicted octanol–water partition coefficient (Wildman–Crippen LogP) is 0.933. The van der Waals surface area contributed by atoms with Crippen LogP contribution in [0.25, 0.3) is 0 Å². The van der Waals surface area contributed by atoms with Crippen molar-refractivity contribution in [3.05, 3.63) is 35.6 Å². The van der Waals surface area contributed by atoms with Crippen molar-refractivity contribution in [3.63, 3.8) is 0 Å². The summed E-state index contributed by atoms with van der Waals surface area (Å²) in [4.78, 5) is 2.25. The molecule has 2 aliphatic rings. The van der Waals surface area contributed by atoms with E-state index in [1.165, 1.54) is 28.8 Å². The molecule has 0 spiro atoms. The Morgan fingerprint density at radius 1 is 1.27 bits per heavy atom. The van der Waals surface area contributed by atoms with Crippen LogP contribution in [0.15, 0.2) is 24.3 Å². The van der Waals surface area contributed by atoms with Crippen LogP contribution in [0, 0.1) is 11.7 Å². The van der Waals surface area contributed by atoms with Crippen molar-refractivity contribution >= 4 is 10.2 Å². The summed E-state index contributed by atoms with van der Waals surface area (Å²) in [6.45, 7) is 2.91. The molecule has 2 saturated heterocycles. The van der Waals surface area contributed by atoms with Crippen LogP contribution in [0.1, 0.15) is 18.4 Å². The van der Waals surface area contributed by atoms with Gasteiger partial charge in [0.1, 0.15) is 5.82 Å². The minimum Gasteiger partial charge on any atom is -0.389 e. The summed E-state index contributed by atoms with van der Waals surface area (Å²) in [6, 6.07) is 6.61. The summed E-state index contributed by atoms with van der Waals surface area (Å²) >= 11 is 0. The number of nitrogens with zero attached hydrogens (tertiary/aromatic N) is 3. The van der Waals surface area contributed by atoms with Gasteiger partial charge in [0.2, 0.25) is 0 Å². The maximum absolute atomic E-state index is 13.3. The van der Waals surface area contributed by atoms with E-state index < -0.39 is 15.8 Å². The fraction of sp³-hybridized carbons (Fsp3) is 0.667. The Bertz CT molecular complexity index is 743. The second-order valence-corrected chi connectivity index (χ2v) is 9.77. The number of piperidine rings is 2. The van der Waals surface area contributed by atoms with Crippen LogP contribution in [0.3, 0.4) is 0 Å². The molecule has 0 radical (unpaired) electrons. The molecule has 0 unspecified atom stereocenters. The fourth-order valence-corrected chi connectivity index (χ4v) is 5.12. The van der Waals surface area contributed by atoms with Crippen molar-refractivity contribution in [2.45, 2.75) is 24.9 Å². The Balaban J connectivity index is 1.63. The third-order valence-corrected chi connectivity index (χ3v) is 7.62. The molecule has 2 atom stereocenters. The summed E-state index contributed by atoms with van der Waals surface area (Å²) in [5.41, 5.74) is 0.166. The molecule has 3 rings (SSSR count). The van der Waals surface area contributed by atoms with E-state index in [4.69, 9.17) is 0 Å². The number of fused-ring (bicyclic) bond motifs is 1. The minimum absolute atomic E-state index is 0.104. The van der Waals surface area contributed by atoms with Crippen LogP contribution in [0.4, 0.5) is 4.39 Å². The van der Waals surface area contributed by atoms with Crippen molar-refractivity contribution in [3.8, 4) is 0 Å². The molecule has 0 aromatic heterocycles. The molecule has 26 heavy (non-hydrogen) atoms. The first kappa shape index (κ1) is 19.7. The van der Waals surface area contributed by atoms with Crippen LogP contribution >= 0.6 is 0 Å². The molecule has 0 bridgehead atoms. The third kappa shape index (κ3) is 4.09. The Labute approximate surface area is 155 Å². The number of likely N-dealkylation sites (tertiary alicyclic amines) is 1. The average Bonchev–Trinajstić information content (AvgIpc) is 2.59. The number of aliphatic hydroxyl groups is 1. The topological polar surface area (TPSA) is 64.1 Å². The monoisotopic (exact) mass is 385 g/mol. The quantitative estimate of drug-likeness (QED) is 0.819. The normalized spacial score (nSPS) is 28.3. The lowest BCUT2D eigenvalue weighted by Crippen LogP contribution is -2.61. The van der Waals surface area contributed by atoms with E-state index in [0.717, 1.165) is 25.1 Å². The first-order valence-electron chi connectivity index (χ1n) is 9.07. The second kappa shape index (κ2) is 7.52. The van der Waals surface area contributed by atoms with Crippen LogP contribution < -0.4 is 0 Å². The highest BCUT2D eigenvalue weighted by atomic mass is 32.2. The van der Waals surface area contributed by atoms with Gasteiger partial charge in [-0.2, -0.15) is 17.0 Å². The zero-order chi connectivity index (χ0) is 18.9. The number of hydrogen-bond acceptors (Lipinski definition) is 4. The Morgan fingerprint density at radius 3 is 2.69 bits per heavy atom. The molecule has 2 heterocycles. The molecule has 1 aromatic rings. The van der Waals surface area contributed by atoms with Crippen LogP contribution in [0.5, 0.6) is 0 Å². The highest BCUT2D eigenvalue weighted by Gasteiger charge is 2.47. The smallest absolute Gasteiger partial charge is 0.281 e. The Kier molecular flexibility index (Phi) is 5.69. The van der Waals surface area contributed by atoms with Crippen LogP contribution in [0.2, 0.25) is 0 Å². The van der Waals surface area contributed by atoms with Gasteiger partial charge in [0.25, 0.3) is 10.2 Å². The van der Waals surface area contributed by atoms with Gasteiger partial charge in [-0.25, -0.2) is 4.39 Å². The predicted molar refractivity (Wildman–Crippen MR) is 98.4 cm³/mol. The van der Waals surface area contributed by atoms with Gasteiger partial charge in [-0.05, 0) is 37.0 Å². The molecule has 0 aliphatic carbocycles. The molecule has 146 valence electrons. The van der Waals surface area contributed by atoms with Crippen LogP contribution in [-0.4, -0.2) is 79.5 Å². The van der Waals surface area contributed by atoms with E-state index >= 15 is 0 Å². The zero-order valence-electron chi connectivity index (χ0n) is 15.4. The zero-order valence-corrected chi connectivity index (χ0v) is 16.3. The van der Waals surface area contributed by atoms with E-state index in [0.29, 0.717) is 32.5 Å². The molecule has 8 heteroatoms. The summed E-state index contributed by atoms with van der Waals surface area (Å²) < 4.78 is 40.8. The first-order valence-corrected chi connectivity index (χ1v) is 10.5. The Hall–Kier alpha value is -1.06. The largest absolute Gasteiger partial charge is 0.389 e. The summed E-state index contributed by atoms with van der Waals surface area (Å²) in [5.74, 6) is -0.334. The molecule has 1 N–H and O–H groups in total. The maximum Gasteiger partial charge on any atom is 0.281 e. The number of halogens is 1. The lowest BCUT2D eigenvalue weighted by molar-refractivity contribution is -0.101. The van der Waals surface area contributed by atoms with Gasteiger partial charge in [0.15, 0.2) is 0 Å². The first-order chi connectivity index (χ1) is 12.2. The standard InChI is InChI=1S/C18H28FN3O3S/c1-20(2)26(24,25)22-11-8-18(23)7-10-21(13-16(18)14-22)9-6-15-4-3-5-17(19)12-15/h3-5,12,16,23H,6-11,13-14H2,1-2H3/t16-,18-/m0/s1. The van der Waals surface area contributed by atoms with E-state index in [9.17, 15) is 17.9 Å². The maximum atomic E-state index is 13.3. The molecule has 0 amide bonds. The molecular formula is C18H28FN3O3S. The SMILES string of the molecule is CN(C)S(=O)(=O)N1CC[C@@]2(O)CCN(CCc3cccc(F)c3)C[C@H]2C1. The number of rotatable bonds is 5. The van der Waals surface area contributed by atoms with Gasteiger partial charge >= 0.3 is 0 Å². The molecular weight excluding hydrogens is 357 g/mol. The van der Waals surface area contributed by atoms with Crippen molar-refractivity contribution in [2.75, 3.05) is 46.8 Å². The number of benzene rings is 1.